The molecule has 2 fully saturated rings. The molecule has 156 valence electrons. The van der Waals surface area contributed by atoms with Crippen LogP contribution in [0.15, 0.2) is 42.7 Å². The van der Waals surface area contributed by atoms with Gasteiger partial charge in [-0.3, -0.25) is 14.3 Å². The van der Waals surface area contributed by atoms with Crippen LogP contribution in [0.3, 0.4) is 0 Å². The second kappa shape index (κ2) is 9.41. The van der Waals surface area contributed by atoms with Gasteiger partial charge >= 0.3 is 0 Å². The number of hydrogen-bond acceptors (Lipinski definition) is 4. The fourth-order valence-electron chi connectivity index (χ4n) is 4.30. The largest absolute Gasteiger partial charge is 0.325 e. The number of nitrogens with zero attached hydrogens (tertiary/aromatic N) is 2. The molecule has 1 saturated heterocycles. The van der Waals surface area contributed by atoms with Crippen molar-refractivity contribution >= 4 is 35.6 Å². The number of benzene rings is 1. The van der Waals surface area contributed by atoms with Gasteiger partial charge in [-0.2, -0.15) is 5.10 Å². The average Bonchev–Trinajstić information content (AvgIpc) is 3.37. The molecule has 1 aliphatic carbocycles. The van der Waals surface area contributed by atoms with Crippen molar-refractivity contribution in [1.29, 1.82) is 0 Å². The van der Waals surface area contributed by atoms with E-state index in [9.17, 15) is 9.59 Å². The highest BCUT2D eigenvalue weighted by atomic mass is 35.5. The minimum atomic E-state index is -0.417. The van der Waals surface area contributed by atoms with Gasteiger partial charge < -0.3 is 16.0 Å². The van der Waals surface area contributed by atoms with Crippen molar-refractivity contribution in [3.05, 3.63) is 42.7 Å². The van der Waals surface area contributed by atoms with E-state index in [2.05, 4.69) is 21.0 Å². The van der Waals surface area contributed by atoms with E-state index in [-0.39, 0.29) is 30.3 Å². The highest BCUT2D eigenvalue weighted by Crippen LogP contribution is 2.33. The van der Waals surface area contributed by atoms with E-state index in [0.717, 1.165) is 6.42 Å². The number of rotatable bonds is 5. The molecule has 3 N–H and O–H groups in total. The number of aromatic nitrogens is 2. The Morgan fingerprint density at radius 1 is 1.17 bits per heavy atom. The molecule has 2 aliphatic rings. The number of nitrogens with one attached hydrogen (secondary N) is 3. The van der Waals surface area contributed by atoms with E-state index in [4.69, 9.17) is 0 Å². The third kappa shape index (κ3) is 4.97. The first-order valence-corrected chi connectivity index (χ1v) is 10.1. The third-order valence-electron chi connectivity index (χ3n) is 5.88. The zero-order valence-corrected chi connectivity index (χ0v) is 17.3. The van der Waals surface area contributed by atoms with Crippen molar-refractivity contribution in [2.75, 3.05) is 10.6 Å². The monoisotopic (exact) mass is 417 g/mol. The molecule has 0 spiro atoms. The number of carbonyl (C=O) groups is 2. The molecular formula is C21H28ClN5O2. The lowest BCUT2D eigenvalue weighted by Crippen LogP contribution is -2.39. The summed E-state index contributed by atoms with van der Waals surface area (Å²) in [5.41, 5.74) is 1.33. The van der Waals surface area contributed by atoms with Gasteiger partial charge in [-0.05, 0) is 56.4 Å². The van der Waals surface area contributed by atoms with Crippen molar-refractivity contribution in [2.45, 2.75) is 57.2 Å². The topological polar surface area (TPSA) is 88.0 Å². The fraction of sp³-hybridized carbons (Fsp3) is 0.476. The van der Waals surface area contributed by atoms with Crippen molar-refractivity contribution in [1.82, 2.24) is 15.1 Å². The van der Waals surface area contributed by atoms with Crippen LogP contribution in [0.5, 0.6) is 0 Å². The summed E-state index contributed by atoms with van der Waals surface area (Å²) in [5, 5.41) is 13.5. The van der Waals surface area contributed by atoms with Crippen molar-refractivity contribution < 1.29 is 9.59 Å². The summed E-state index contributed by atoms with van der Waals surface area (Å²) in [6.45, 7) is 1.79. The molecule has 0 radical (unpaired) electrons. The van der Waals surface area contributed by atoms with Crippen LogP contribution in [0.2, 0.25) is 0 Å². The lowest BCUT2D eigenvalue weighted by Gasteiger charge is -2.24. The van der Waals surface area contributed by atoms with E-state index < -0.39 is 6.04 Å². The quantitative estimate of drug-likeness (QED) is 0.696. The summed E-state index contributed by atoms with van der Waals surface area (Å²) < 4.78 is 1.60. The minimum Gasteiger partial charge on any atom is -0.325 e. The summed E-state index contributed by atoms with van der Waals surface area (Å²) in [7, 11) is 0. The van der Waals surface area contributed by atoms with Crippen LogP contribution in [0.25, 0.3) is 0 Å². The summed E-state index contributed by atoms with van der Waals surface area (Å²) in [6.07, 6.45) is 9.23. The molecular weight excluding hydrogens is 390 g/mol. The second-order valence-corrected chi connectivity index (χ2v) is 7.83. The van der Waals surface area contributed by atoms with Crippen molar-refractivity contribution in [3.63, 3.8) is 0 Å². The van der Waals surface area contributed by atoms with E-state index in [0.29, 0.717) is 23.3 Å². The molecule has 1 aromatic carbocycles. The van der Waals surface area contributed by atoms with Crippen LogP contribution in [-0.2, 0) is 9.59 Å². The summed E-state index contributed by atoms with van der Waals surface area (Å²) in [5.74, 6) is 0.468. The van der Waals surface area contributed by atoms with Gasteiger partial charge in [0.2, 0.25) is 11.8 Å². The normalized spacial score (nSPS) is 24.1. The van der Waals surface area contributed by atoms with Crippen LogP contribution in [0, 0.1) is 5.92 Å². The van der Waals surface area contributed by atoms with Crippen LogP contribution in [0.1, 0.15) is 45.1 Å². The standard InChI is InChI=1S/C21H27N5O2.ClH/c1-14(26-11-5-10-22-26)20(27)23-16-7-4-8-17(13-16)24-21(28)19-12-15-6-2-3-9-18(15)25-19;/h4-5,7-8,10-11,13-15,18-19,25H,2-3,6,9,12H2,1H3,(H,23,27)(H,24,28);1H. The van der Waals surface area contributed by atoms with E-state index in [1.165, 1.54) is 25.7 Å². The Morgan fingerprint density at radius 2 is 1.93 bits per heavy atom. The molecule has 2 heterocycles. The molecule has 4 rings (SSSR count). The zero-order valence-electron chi connectivity index (χ0n) is 16.5. The zero-order chi connectivity index (χ0) is 19.5. The Bertz CT molecular complexity index is 827. The van der Waals surface area contributed by atoms with Gasteiger partial charge in [-0.25, -0.2) is 0 Å². The number of hydrogen-bond donors (Lipinski definition) is 3. The lowest BCUT2D eigenvalue weighted by atomic mass is 9.85. The van der Waals surface area contributed by atoms with E-state index in [1.54, 1.807) is 36.1 Å². The molecule has 2 amide bonds. The molecule has 1 aromatic heterocycles. The first kappa shape index (κ1) is 21.3. The molecule has 1 aliphatic heterocycles. The molecule has 4 atom stereocenters. The van der Waals surface area contributed by atoms with E-state index in [1.807, 2.05) is 18.2 Å². The van der Waals surface area contributed by atoms with E-state index >= 15 is 0 Å². The number of halogens is 1. The first-order valence-electron chi connectivity index (χ1n) is 10.1. The number of carbonyl (C=O) groups excluding carboxylic acids is 2. The molecule has 8 heteroatoms. The fourth-order valence-corrected chi connectivity index (χ4v) is 4.30. The maximum Gasteiger partial charge on any atom is 0.248 e. The molecule has 4 unspecified atom stereocenters. The number of anilines is 2. The van der Waals surface area contributed by atoms with Crippen molar-refractivity contribution in [3.8, 4) is 0 Å². The Hall–Kier alpha value is -2.38. The smallest absolute Gasteiger partial charge is 0.248 e. The predicted octanol–water partition coefficient (Wildman–Crippen LogP) is 3.36. The number of fused-ring (bicyclic) bond motifs is 1. The average molecular weight is 418 g/mol. The Labute approximate surface area is 177 Å². The van der Waals surface area contributed by atoms with Gasteiger partial charge in [0.25, 0.3) is 0 Å². The molecule has 7 nitrogen and oxygen atoms in total. The van der Waals surface area contributed by atoms with Gasteiger partial charge in [0.1, 0.15) is 6.04 Å². The van der Waals surface area contributed by atoms with Gasteiger partial charge in [0.05, 0.1) is 6.04 Å². The molecule has 1 saturated carbocycles. The highest BCUT2D eigenvalue weighted by Gasteiger charge is 2.38. The van der Waals surface area contributed by atoms with Gasteiger partial charge in [-0.1, -0.05) is 18.9 Å². The molecule has 0 bridgehead atoms. The third-order valence-corrected chi connectivity index (χ3v) is 5.88. The first-order chi connectivity index (χ1) is 13.6. The van der Waals surface area contributed by atoms with Crippen LogP contribution < -0.4 is 16.0 Å². The Morgan fingerprint density at radius 3 is 2.66 bits per heavy atom. The summed E-state index contributed by atoms with van der Waals surface area (Å²) in [6, 6.07) is 8.98. The second-order valence-electron chi connectivity index (χ2n) is 7.83. The molecule has 2 aromatic rings. The van der Waals surface area contributed by atoms with Crippen LogP contribution in [-0.4, -0.2) is 33.7 Å². The predicted molar refractivity (Wildman–Crippen MR) is 115 cm³/mol. The van der Waals surface area contributed by atoms with Crippen molar-refractivity contribution in [2.24, 2.45) is 5.92 Å². The highest BCUT2D eigenvalue weighted by molar-refractivity contribution is 5.97. The van der Waals surface area contributed by atoms with Gasteiger partial charge in [0.15, 0.2) is 0 Å². The maximum atomic E-state index is 12.7. The lowest BCUT2D eigenvalue weighted by molar-refractivity contribution is -0.119. The Kier molecular flexibility index (Phi) is 6.92. The van der Waals surface area contributed by atoms with Gasteiger partial charge in [-0.15, -0.1) is 12.4 Å². The maximum absolute atomic E-state index is 12.7. The van der Waals surface area contributed by atoms with Crippen LogP contribution >= 0.6 is 12.4 Å². The number of amides is 2. The Balaban J connectivity index is 0.00000240. The van der Waals surface area contributed by atoms with Crippen LogP contribution in [0.4, 0.5) is 11.4 Å². The van der Waals surface area contributed by atoms with Gasteiger partial charge in [0, 0.05) is 29.8 Å². The SMILES string of the molecule is CC(C(=O)Nc1cccc(NC(=O)C2CC3CCCCC3N2)c1)n1cccn1.Cl. The summed E-state index contributed by atoms with van der Waals surface area (Å²) in [4.78, 5) is 25.1. The molecule has 29 heavy (non-hydrogen) atoms. The summed E-state index contributed by atoms with van der Waals surface area (Å²) >= 11 is 0. The minimum absolute atomic E-state index is 0.